The lowest BCUT2D eigenvalue weighted by Gasteiger charge is -2.18. The summed E-state index contributed by atoms with van der Waals surface area (Å²) >= 11 is 0. The van der Waals surface area contributed by atoms with Crippen LogP contribution >= 0.6 is 0 Å². The van der Waals surface area contributed by atoms with Crippen molar-refractivity contribution >= 4 is 23.3 Å². The van der Waals surface area contributed by atoms with Crippen LogP contribution in [-0.4, -0.2) is 36.1 Å². The molecule has 0 heterocycles. The molecule has 0 fully saturated rings. The zero-order valence-electron chi connectivity index (χ0n) is 15.6. The molecule has 9 heteroatoms. The summed E-state index contributed by atoms with van der Waals surface area (Å²) in [5, 5.41) is 13.3. The van der Waals surface area contributed by atoms with E-state index < -0.39 is 29.0 Å². The summed E-state index contributed by atoms with van der Waals surface area (Å²) in [5.41, 5.74) is 0.0378. The van der Waals surface area contributed by atoms with Crippen molar-refractivity contribution in [2.45, 2.75) is 26.1 Å². The highest BCUT2D eigenvalue weighted by atomic mass is 16.6. The molecular weight excluding hydrogens is 368 g/mol. The third-order valence-electron chi connectivity index (χ3n) is 3.70. The molecule has 0 aliphatic carbocycles. The number of amides is 1. The van der Waals surface area contributed by atoms with Crippen LogP contribution in [-0.2, 0) is 14.3 Å². The lowest BCUT2D eigenvalue weighted by atomic mass is 10.2. The van der Waals surface area contributed by atoms with Crippen molar-refractivity contribution in [3.63, 3.8) is 0 Å². The number of benzene rings is 2. The van der Waals surface area contributed by atoms with E-state index in [9.17, 15) is 19.7 Å². The number of rotatable bonds is 8. The van der Waals surface area contributed by atoms with Crippen molar-refractivity contribution in [1.82, 2.24) is 0 Å². The summed E-state index contributed by atoms with van der Waals surface area (Å²) in [7, 11) is 1.32. The Kier molecular flexibility index (Phi) is 6.91. The highest BCUT2D eigenvalue weighted by molar-refractivity contribution is 5.96. The number of para-hydroxylation sites is 1. The zero-order valence-corrected chi connectivity index (χ0v) is 15.6. The van der Waals surface area contributed by atoms with E-state index in [2.05, 4.69) is 5.32 Å². The minimum Gasteiger partial charge on any atom is -0.494 e. The van der Waals surface area contributed by atoms with Crippen LogP contribution in [0.4, 0.5) is 11.4 Å². The summed E-state index contributed by atoms with van der Waals surface area (Å²) < 4.78 is 15.6. The maximum absolute atomic E-state index is 12.3. The number of carbonyl (C=O) groups is 2. The second-order valence-corrected chi connectivity index (χ2v) is 5.78. The van der Waals surface area contributed by atoms with Crippen LogP contribution in [0.1, 0.15) is 13.8 Å². The van der Waals surface area contributed by atoms with E-state index in [1.165, 1.54) is 39.2 Å². The van der Waals surface area contributed by atoms with Crippen LogP contribution < -0.4 is 14.8 Å². The molecule has 0 unspecified atom stereocenters. The number of methoxy groups -OCH3 is 1. The minimum absolute atomic E-state index is 0.113. The quantitative estimate of drug-likeness (QED) is 0.420. The highest BCUT2D eigenvalue weighted by Crippen LogP contribution is 2.29. The first-order valence-corrected chi connectivity index (χ1v) is 8.37. The summed E-state index contributed by atoms with van der Waals surface area (Å²) in [4.78, 5) is 34.7. The van der Waals surface area contributed by atoms with Crippen molar-refractivity contribution in [3.8, 4) is 11.5 Å². The summed E-state index contributed by atoms with van der Waals surface area (Å²) in [5.74, 6) is -0.712. The third kappa shape index (κ3) is 5.44. The number of nitrogens with one attached hydrogen (secondary N) is 1. The number of hydrogen-bond acceptors (Lipinski definition) is 7. The molecule has 0 radical (unpaired) electrons. The lowest BCUT2D eigenvalue weighted by Crippen LogP contribution is -2.35. The number of non-ortho nitro benzene ring substituents is 1. The number of esters is 1. The molecule has 2 rings (SSSR count). The van der Waals surface area contributed by atoms with Crippen LogP contribution in [0.2, 0.25) is 0 Å². The largest absolute Gasteiger partial charge is 0.494 e. The first kappa shape index (κ1) is 20.7. The molecule has 0 aromatic heterocycles. The SMILES string of the molecule is COc1cc([N+](=O)[O-])ccc1NC(=O)[C@@H](C)OC(=O)[C@H](C)Oc1ccccc1. The topological polar surface area (TPSA) is 117 Å². The van der Waals surface area contributed by atoms with E-state index in [0.29, 0.717) is 5.75 Å². The van der Waals surface area contributed by atoms with Gasteiger partial charge in [-0.15, -0.1) is 0 Å². The number of anilines is 1. The molecule has 2 atom stereocenters. The molecule has 148 valence electrons. The Morgan fingerprint density at radius 1 is 1.07 bits per heavy atom. The number of carbonyl (C=O) groups excluding carboxylic acids is 2. The average Bonchev–Trinajstić information content (AvgIpc) is 2.68. The van der Waals surface area contributed by atoms with Crippen LogP contribution in [0.25, 0.3) is 0 Å². The smallest absolute Gasteiger partial charge is 0.347 e. The van der Waals surface area contributed by atoms with Gasteiger partial charge in [0.2, 0.25) is 0 Å². The maximum atomic E-state index is 12.3. The molecule has 0 aliphatic rings. The van der Waals surface area contributed by atoms with E-state index >= 15 is 0 Å². The van der Waals surface area contributed by atoms with E-state index in [-0.39, 0.29) is 17.1 Å². The monoisotopic (exact) mass is 388 g/mol. The van der Waals surface area contributed by atoms with Gasteiger partial charge in [0, 0.05) is 6.07 Å². The third-order valence-corrected chi connectivity index (χ3v) is 3.70. The molecule has 2 aromatic carbocycles. The van der Waals surface area contributed by atoms with Crippen LogP contribution in [0.15, 0.2) is 48.5 Å². The van der Waals surface area contributed by atoms with Crippen molar-refractivity contribution in [1.29, 1.82) is 0 Å². The van der Waals surface area contributed by atoms with Crippen LogP contribution in [0.5, 0.6) is 11.5 Å². The Morgan fingerprint density at radius 2 is 1.75 bits per heavy atom. The lowest BCUT2D eigenvalue weighted by molar-refractivity contribution is -0.384. The summed E-state index contributed by atoms with van der Waals surface area (Å²) in [6.45, 7) is 2.92. The molecule has 0 bridgehead atoms. The Labute approximate surface area is 161 Å². The predicted octanol–water partition coefficient (Wildman–Crippen LogP) is 2.94. The molecular formula is C19H20N2O7. The predicted molar refractivity (Wildman–Crippen MR) is 100 cm³/mol. The fourth-order valence-corrected chi connectivity index (χ4v) is 2.21. The first-order chi connectivity index (χ1) is 13.3. The van der Waals surface area contributed by atoms with Gasteiger partial charge in [0.05, 0.1) is 23.8 Å². The highest BCUT2D eigenvalue weighted by Gasteiger charge is 2.24. The number of nitro groups is 1. The van der Waals surface area contributed by atoms with Crippen molar-refractivity contribution in [2.75, 3.05) is 12.4 Å². The van der Waals surface area contributed by atoms with Gasteiger partial charge in [-0.3, -0.25) is 14.9 Å². The molecule has 0 saturated carbocycles. The molecule has 28 heavy (non-hydrogen) atoms. The molecule has 0 spiro atoms. The Bertz CT molecular complexity index is 855. The van der Waals surface area contributed by atoms with Gasteiger partial charge in [-0.25, -0.2) is 4.79 Å². The maximum Gasteiger partial charge on any atom is 0.347 e. The molecule has 1 amide bonds. The Balaban J connectivity index is 1.97. The van der Waals surface area contributed by atoms with Gasteiger partial charge in [-0.05, 0) is 32.0 Å². The second-order valence-electron chi connectivity index (χ2n) is 5.78. The number of nitrogens with zero attached hydrogens (tertiary/aromatic N) is 1. The van der Waals surface area contributed by atoms with E-state index in [1.807, 2.05) is 6.07 Å². The Hall–Kier alpha value is -3.62. The number of hydrogen-bond donors (Lipinski definition) is 1. The first-order valence-electron chi connectivity index (χ1n) is 8.37. The van der Waals surface area contributed by atoms with Crippen molar-refractivity contribution < 1.29 is 28.7 Å². The summed E-state index contributed by atoms with van der Waals surface area (Å²) in [6.07, 6.45) is -2.03. The minimum atomic E-state index is -1.12. The average molecular weight is 388 g/mol. The number of ether oxygens (including phenoxy) is 3. The molecule has 2 aromatic rings. The zero-order chi connectivity index (χ0) is 20.7. The van der Waals surface area contributed by atoms with Gasteiger partial charge in [0.1, 0.15) is 11.5 Å². The van der Waals surface area contributed by atoms with E-state index in [0.717, 1.165) is 0 Å². The fourth-order valence-electron chi connectivity index (χ4n) is 2.21. The van der Waals surface area contributed by atoms with Crippen molar-refractivity contribution in [2.24, 2.45) is 0 Å². The van der Waals surface area contributed by atoms with Gasteiger partial charge < -0.3 is 19.5 Å². The van der Waals surface area contributed by atoms with Gasteiger partial charge in [-0.2, -0.15) is 0 Å². The van der Waals surface area contributed by atoms with Gasteiger partial charge in [0.25, 0.3) is 11.6 Å². The van der Waals surface area contributed by atoms with Crippen LogP contribution in [0.3, 0.4) is 0 Å². The standard InChI is InChI=1S/C19H20N2O7/c1-12(28-19(23)13(2)27-15-7-5-4-6-8-15)18(22)20-16-10-9-14(21(24)25)11-17(16)26-3/h4-13H,1-3H3,(H,20,22)/t12-,13+/m1/s1. The fraction of sp³-hybridized carbons (Fsp3) is 0.263. The van der Waals surface area contributed by atoms with Gasteiger partial charge in [0.15, 0.2) is 12.2 Å². The van der Waals surface area contributed by atoms with Gasteiger partial charge in [-0.1, -0.05) is 18.2 Å². The molecule has 0 saturated heterocycles. The normalized spacial score (nSPS) is 12.4. The molecule has 0 aliphatic heterocycles. The van der Waals surface area contributed by atoms with Gasteiger partial charge >= 0.3 is 5.97 Å². The van der Waals surface area contributed by atoms with Crippen LogP contribution in [0, 0.1) is 10.1 Å². The molecule has 1 N–H and O–H groups in total. The summed E-state index contributed by atoms with van der Waals surface area (Å²) in [6, 6.07) is 12.5. The molecule has 9 nitrogen and oxygen atoms in total. The van der Waals surface area contributed by atoms with E-state index in [1.54, 1.807) is 24.3 Å². The van der Waals surface area contributed by atoms with Crippen molar-refractivity contribution in [3.05, 3.63) is 58.6 Å². The Morgan fingerprint density at radius 3 is 2.36 bits per heavy atom. The van der Waals surface area contributed by atoms with E-state index in [4.69, 9.17) is 14.2 Å². The number of nitro benzene ring substituents is 1. The second kappa shape index (κ2) is 9.36.